The van der Waals surface area contributed by atoms with Gasteiger partial charge in [0.15, 0.2) is 4.34 Å². The van der Waals surface area contributed by atoms with E-state index in [0.29, 0.717) is 22.7 Å². The van der Waals surface area contributed by atoms with Crippen molar-refractivity contribution in [3.05, 3.63) is 22.5 Å². The summed E-state index contributed by atoms with van der Waals surface area (Å²) in [4.78, 5) is 22.8. The van der Waals surface area contributed by atoms with E-state index in [-0.39, 0.29) is 5.91 Å². The maximum absolute atomic E-state index is 11.7. The quantitative estimate of drug-likeness (QED) is 0.793. The van der Waals surface area contributed by atoms with Crippen LogP contribution in [0.1, 0.15) is 16.8 Å². The van der Waals surface area contributed by atoms with Crippen molar-refractivity contribution in [3.63, 3.8) is 0 Å². The molecule has 6 nitrogen and oxygen atoms in total. The minimum Gasteiger partial charge on any atom is -0.366 e. The minimum atomic E-state index is -0.542. The Bertz CT molecular complexity index is 567. The van der Waals surface area contributed by atoms with Crippen LogP contribution in [0.4, 0.5) is 5.00 Å². The molecule has 0 aliphatic carbocycles. The SMILES string of the molecule is NC(=O)c1ccsc1NC(=O)CCSc1nncs1. The zero-order chi connectivity index (χ0) is 13.7. The lowest BCUT2D eigenvalue weighted by Crippen LogP contribution is -2.16. The Morgan fingerprint density at radius 1 is 1.42 bits per heavy atom. The molecule has 0 aromatic carbocycles. The van der Waals surface area contributed by atoms with E-state index in [4.69, 9.17) is 5.73 Å². The number of nitrogens with one attached hydrogen (secondary N) is 1. The number of carbonyl (C=O) groups excluding carboxylic acids is 2. The summed E-state index contributed by atoms with van der Waals surface area (Å²) >= 11 is 4.19. The second-order valence-corrected chi connectivity index (χ2v) is 6.47. The second kappa shape index (κ2) is 6.64. The lowest BCUT2D eigenvalue weighted by Gasteiger charge is -2.03. The Labute approximate surface area is 121 Å². The van der Waals surface area contributed by atoms with Crippen molar-refractivity contribution in [3.8, 4) is 0 Å². The van der Waals surface area contributed by atoms with Crippen LogP contribution in [0.3, 0.4) is 0 Å². The van der Waals surface area contributed by atoms with Crippen LogP contribution in [0.25, 0.3) is 0 Å². The maximum atomic E-state index is 11.7. The van der Waals surface area contributed by atoms with E-state index < -0.39 is 5.91 Å². The van der Waals surface area contributed by atoms with Crippen molar-refractivity contribution in [2.24, 2.45) is 5.73 Å². The fourth-order valence-corrected chi connectivity index (χ4v) is 3.55. The molecule has 0 spiro atoms. The van der Waals surface area contributed by atoms with E-state index in [1.165, 1.54) is 34.4 Å². The predicted molar refractivity (Wildman–Crippen MR) is 76.7 cm³/mol. The van der Waals surface area contributed by atoms with Crippen LogP contribution in [0.5, 0.6) is 0 Å². The lowest BCUT2D eigenvalue weighted by atomic mass is 10.3. The summed E-state index contributed by atoms with van der Waals surface area (Å²) < 4.78 is 0.835. The molecule has 2 aromatic rings. The van der Waals surface area contributed by atoms with Gasteiger partial charge in [-0.2, -0.15) is 0 Å². The van der Waals surface area contributed by atoms with Crippen molar-refractivity contribution >= 4 is 51.3 Å². The molecule has 19 heavy (non-hydrogen) atoms. The molecular formula is C10H10N4O2S3. The van der Waals surface area contributed by atoms with Crippen molar-refractivity contribution in [2.45, 2.75) is 10.8 Å². The van der Waals surface area contributed by atoms with Gasteiger partial charge in [-0.15, -0.1) is 21.5 Å². The number of thioether (sulfide) groups is 1. The number of thiophene rings is 1. The molecule has 3 N–H and O–H groups in total. The maximum Gasteiger partial charge on any atom is 0.251 e. The topological polar surface area (TPSA) is 98.0 Å². The molecule has 0 unspecified atom stereocenters. The zero-order valence-corrected chi connectivity index (χ0v) is 12.1. The normalized spacial score (nSPS) is 10.3. The number of anilines is 1. The van der Waals surface area contributed by atoms with Crippen molar-refractivity contribution < 1.29 is 9.59 Å². The van der Waals surface area contributed by atoms with E-state index >= 15 is 0 Å². The Balaban J connectivity index is 1.81. The third-order valence-corrected chi connectivity index (χ3v) is 4.77. The molecule has 2 heterocycles. The number of carbonyl (C=O) groups is 2. The van der Waals surface area contributed by atoms with Gasteiger partial charge in [-0.1, -0.05) is 23.1 Å². The number of hydrogen-bond acceptors (Lipinski definition) is 7. The molecule has 0 aliphatic heterocycles. The van der Waals surface area contributed by atoms with Gasteiger partial charge in [-0.3, -0.25) is 9.59 Å². The minimum absolute atomic E-state index is 0.151. The van der Waals surface area contributed by atoms with Gasteiger partial charge < -0.3 is 11.1 Å². The van der Waals surface area contributed by atoms with Crippen LogP contribution in [-0.2, 0) is 4.79 Å². The fraction of sp³-hybridized carbons (Fsp3) is 0.200. The molecular weight excluding hydrogens is 304 g/mol. The molecule has 0 bridgehead atoms. The first-order valence-corrected chi connectivity index (χ1v) is 7.97. The van der Waals surface area contributed by atoms with Gasteiger partial charge in [0, 0.05) is 12.2 Å². The van der Waals surface area contributed by atoms with E-state index in [1.54, 1.807) is 17.0 Å². The highest BCUT2D eigenvalue weighted by molar-refractivity contribution is 8.01. The molecule has 0 aliphatic rings. The molecule has 9 heteroatoms. The number of rotatable bonds is 6. The highest BCUT2D eigenvalue weighted by atomic mass is 32.2. The third kappa shape index (κ3) is 4.01. The number of aromatic nitrogens is 2. The number of nitrogens with zero attached hydrogens (tertiary/aromatic N) is 2. The summed E-state index contributed by atoms with van der Waals surface area (Å²) in [6.45, 7) is 0. The first-order valence-electron chi connectivity index (χ1n) is 5.23. The largest absolute Gasteiger partial charge is 0.366 e. The number of nitrogens with two attached hydrogens (primary N) is 1. The molecule has 2 aromatic heterocycles. The van der Waals surface area contributed by atoms with Crippen LogP contribution >= 0.6 is 34.4 Å². The van der Waals surface area contributed by atoms with Crippen molar-refractivity contribution in [2.75, 3.05) is 11.1 Å². The van der Waals surface area contributed by atoms with Gasteiger partial charge in [-0.25, -0.2) is 0 Å². The van der Waals surface area contributed by atoms with Crippen LogP contribution < -0.4 is 11.1 Å². The van der Waals surface area contributed by atoms with Gasteiger partial charge in [0.05, 0.1) is 5.56 Å². The Morgan fingerprint density at radius 3 is 2.95 bits per heavy atom. The average Bonchev–Trinajstić information content (AvgIpc) is 2.99. The Kier molecular flexibility index (Phi) is 4.88. The zero-order valence-electron chi connectivity index (χ0n) is 9.66. The van der Waals surface area contributed by atoms with Gasteiger partial charge in [-0.05, 0) is 11.4 Å². The average molecular weight is 314 g/mol. The predicted octanol–water partition coefficient (Wildman–Crippen LogP) is 1.82. The van der Waals surface area contributed by atoms with Crippen LogP contribution in [-0.4, -0.2) is 27.8 Å². The molecule has 0 saturated carbocycles. The van der Waals surface area contributed by atoms with E-state index in [2.05, 4.69) is 15.5 Å². The van der Waals surface area contributed by atoms with Crippen molar-refractivity contribution in [1.82, 2.24) is 10.2 Å². The van der Waals surface area contributed by atoms with E-state index in [1.807, 2.05) is 0 Å². The third-order valence-electron chi connectivity index (χ3n) is 2.08. The number of amides is 2. The molecule has 2 amide bonds. The number of hydrogen-bond donors (Lipinski definition) is 2. The summed E-state index contributed by atoms with van der Waals surface area (Å²) in [5, 5.41) is 12.5. The Hall–Kier alpha value is -1.45. The fourth-order valence-electron chi connectivity index (χ4n) is 1.25. The van der Waals surface area contributed by atoms with Crippen LogP contribution in [0.2, 0.25) is 0 Å². The molecule has 0 radical (unpaired) electrons. The first kappa shape index (κ1) is 14.0. The number of primary amides is 1. The molecule has 100 valence electrons. The summed E-state index contributed by atoms with van der Waals surface area (Å²) in [6.07, 6.45) is 0.334. The smallest absolute Gasteiger partial charge is 0.251 e. The monoisotopic (exact) mass is 314 g/mol. The Morgan fingerprint density at radius 2 is 2.26 bits per heavy atom. The van der Waals surface area contributed by atoms with Gasteiger partial charge in [0.25, 0.3) is 5.91 Å². The van der Waals surface area contributed by atoms with Gasteiger partial charge in [0.2, 0.25) is 5.91 Å². The van der Waals surface area contributed by atoms with E-state index in [0.717, 1.165) is 4.34 Å². The summed E-state index contributed by atoms with van der Waals surface area (Å²) in [6, 6.07) is 1.60. The molecule has 0 saturated heterocycles. The van der Waals surface area contributed by atoms with Crippen LogP contribution in [0, 0.1) is 0 Å². The van der Waals surface area contributed by atoms with Gasteiger partial charge in [0.1, 0.15) is 10.5 Å². The standard InChI is InChI=1S/C10H10N4O2S3/c11-8(16)6-1-3-17-9(6)13-7(15)2-4-18-10-14-12-5-19-10/h1,3,5H,2,4H2,(H2,11,16)(H,13,15). The highest BCUT2D eigenvalue weighted by Gasteiger charge is 2.12. The molecule has 0 fully saturated rings. The van der Waals surface area contributed by atoms with E-state index in [9.17, 15) is 9.59 Å². The van der Waals surface area contributed by atoms with Crippen molar-refractivity contribution in [1.29, 1.82) is 0 Å². The van der Waals surface area contributed by atoms with Crippen LogP contribution in [0.15, 0.2) is 21.3 Å². The lowest BCUT2D eigenvalue weighted by molar-refractivity contribution is -0.115. The van der Waals surface area contributed by atoms with Gasteiger partial charge >= 0.3 is 0 Å². The first-order chi connectivity index (χ1) is 9.16. The molecule has 2 rings (SSSR count). The summed E-state index contributed by atoms with van der Waals surface area (Å²) in [5.41, 5.74) is 7.19. The summed E-state index contributed by atoms with van der Waals surface area (Å²) in [5.74, 6) is -0.0834. The summed E-state index contributed by atoms with van der Waals surface area (Å²) in [7, 11) is 0. The molecule has 0 atom stereocenters. The highest BCUT2D eigenvalue weighted by Crippen LogP contribution is 2.24. The second-order valence-electron chi connectivity index (χ2n) is 3.38.